The van der Waals surface area contributed by atoms with Gasteiger partial charge in [0.15, 0.2) is 0 Å². The monoisotopic (exact) mass is 390 g/mol. The van der Waals surface area contributed by atoms with Crippen LogP contribution in [0.15, 0.2) is 90.1 Å². The number of amides is 1. The summed E-state index contributed by atoms with van der Waals surface area (Å²) in [5.74, 6) is -1.71. The number of nitrogens with zero attached hydrogens (tertiary/aromatic N) is 2. The fourth-order valence-electron chi connectivity index (χ4n) is 2.42. The van der Waals surface area contributed by atoms with Crippen molar-refractivity contribution in [3.8, 4) is 0 Å². The van der Waals surface area contributed by atoms with Gasteiger partial charge in [0.25, 0.3) is 11.8 Å². The van der Waals surface area contributed by atoms with Crippen molar-refractivity contribution in [2.24, 2.45) is 4.99 Å². The van der Waals surface area contributed by atoms with Crippen molar-refractivity contribution < 1.29 is 18.4 Å². The van der Waals surface area contributed by atoms with Crippen LogP contribution in [0.25, 0.3) is 12.2 Å². The number of aromatic nitrogens is 1. The molecule has 0 radical (unpaired) electrons. The van der Waals surface area contributed by atoms with E-state index < -0.39 is 11.8 Å². The maximum Gasteiger partial charge on any atom is 0.271 e. The number of halogens is 2. The van der Waals surface area contributed by atoms with Crippen molar-refractivity contribution in [1.82, 2.24) is 4.57 Å². The number of carbonyl (C=O) groups excluding carboxylic acids is 2. The van der Waals surface area contributed by atoms with Gasteiger partial charge in [-0.25, -0.2) is 8.78 Å². The first-order valence-electron chi connectivity index (χ1n) is 8.69. The lowest BCUT2D eigenvalue weighted by Crippen LogP contribution is -2.26. The number of hydrogen-bond donors (Lipinski definition) is 0. The molecule has 0 fully saturated rings. The molecular formula is C23H16F2N2O2. The quantitative estimate of drug-likeness (QED) is 0.625. The zero-order chi connectivity index (χ0) is 20.6. The summed E-state index contributed by atoms with van der Waals surface area (Å²) in [5.41, 5.74) is 1.47. The van der Waals surface area contributed by atoms with E-state index in [1.54, 1.807) is 30.3 Å². The van der Waals surface area contributed by atoms with Crippen molar-refractivity contribution in [1.29, 1.82) is 0 Å². The molecule has 0 saturated heterocycles. The van der Waals surface area contributed by atoms with E-state index >= 15 is 0 Å². The molecular weight excluding hydrogens is 374 g/mol. The van der Waals surface area contributed by atoms with Crippen LogP contribution in [0.2, 0.25) is 0 Å². The molecule has 1 heterocycles. The highest BCUT2D eigenvalue weighted by atomic mass is 19.1. The smallest absolute Gasteiger partial charge is 0.269 e. The first-order valence-corrected chi connectivity index (χ1v) is 8.69. The second-order valence-corrected chi connectivity index (χ2v) is 5.99. The lowest BCUT2D eigenvalue weighted by atomic mass is 10.2. The van der Waals surface area contributed by atoms with Gasteiger partial charge in [0, 0.05) is 18.3 Å². The third-order valence-electron chi connectivity index (χ3n) is 3.88. The third kappa shape index (κ3) is 5.77. The lowest BCUT2D eigenvalue weighted by Gasteiger charge is -2.02. The Morgan fingerprint density at radius 2 is 1.31 bits per heavy atom. The molecule has 1 aromatic heterocycles. The highest BCUT2D eigenvalue weighted by Crippen LogP contribution is 2.05. The van der Waals surface area contributed by atoms with E-state index in [4.69, 9.17) is 0 Å². The number of hydrogen-bond acceptors (Lipinski definition) is 2. The molecule has 3 aromatic rings. The number of allylic oxidation sites excluding steroid dienone is 1. The Morgan fingerprint density at radius 3 is 1.90 bits per heavy atom. The Kier molecular flexibility index (Phi) is 6.37. The molecule has 0 aliphatic carbocycles. The number of carbonyl (C=O) groups is 2. The van der Waals surface area contributed by atoms with Crippen LogP contribution in [-0.4, -0.2) is 16.4 Å². The summed E-state index contributed by atoms with van der Waals surface area (Å²) in [6, 6.07) is 16.2. The van der Waals surface area contributed by atoms with Crippen LogP contribution >= 0.6 is 0 Å². The number of pyridine rings is 1. The van der Waals surface area contributed by atoms with Gasteiger partial charge in [0.1, 0.15) is 17.1 Å². The topological polar surface area (TPSA) is 51.4 Å². The highest BCUT2D eigenvalue weighted by Gasteiger charge is 2.02. The molecule has 144 valence electrons. The van der Waals surface area contributed by atoms with Gasteiger partial charge >= 0.3 is 0 Å². The molecule has 6 heteroatoms. The molecule has 1 amide bonds. The molecule has 3 rings (SSSR count). The SMILES string of the molecule is O=C(C=Cc1ccc(F)cc1)N=c1ccccn1C(=O)C=Cc1ccc(F)cc1. The minimum absolute atomic E-state index is 0.162. The zero-order valence-corrected chi connectivity index (χ0v) is 15.2. The summed E-state index contributed by atoms with van der Waals surface area (Å²) in [6.45, 7) is 0. The summed E-state index contributed by atoms with van der Waals surface area (Å²) < 4.78 is 27.1. The van der Waals surface area contributed by atoms with E-state index in [9.17, 15) is 18.4 Å². The van der Waals surface area contributed by atoms with E-state index in [1.807, 2.05) is 0 Å². The van der Waals surface area contributed by atoms with Gasteiger partial charge in [-0.2, -0.15) is 4.99 Å². The standard InChI is InChI=1S/C23H16F2N2O2/c24-19-10-4-17(5-11-19)8-14-22(28)26-21-3-1-2-16-27(21)23(29)15-9-18-6-12-20(25)13-7-18/h1-16H. The molecule has 0 spiro atoms. The third-order valence-corrected chi connectivity index (χ3v) is 3.88. The normalized spacial score (nSPS) is 12.0. The minimum Gasteiger partial charge on any atom is -0.269 e. The Hall–Kier alpha value is -3.93. The average Bonchev–Trinajstić information content (AvgIpc) is 2.73. The van der Waals surface area contributed by atoms with Crippen molar-refractivity contribution in [3.63, 3.8) is 0 Å². The predicted octanol–water partition coefficient (Wildman–Crippen LogP) is 4.26. The van der Waals surface area contributed by atoms with E-state index in [-0.39, 0.29) is 17.1 Å². The molecule has 29 heavy (non-hydrogen) atoms. The first kappa shape index (κ1) is 19.8. The van der Waals surface area contributed by atoms with Crippen LogP contribution < -0.4 is 5.49 Å². The molecule has 0 bridgehead atoms. The van der Waals surface area contributed by atoms with Crippen molar-refractivity contribution in [3.05, 3.63) is 113 Å². The Labute approximate surface area is 165 Å². The zero-order valence-electron chi connectivity index (χ0n) is 15.2. The Balaban J connectivity index is 1.80. The summed E-state index contributed by atoms with van der Waals surface area (Å²) in [6.07, 6.45) is 7.10. The summed E-state index contributed by atoms with van der Waals surface area (Å²) in [7, 11) is 0. The van der Waals surface area contributed by atoms with E-state index in [0.29, 0.717) is 11.1 Å². The van der Waals surface area contributed by atoms with Gasteiger partial charge in [-0.15, -0.1) is 0 Å². The predicted molar refractivity (Wildman–Crippen MR) is 106 cm³/mol. The van der Waals surface area contributed by atoms with Crippen LogP contribution in [0.1, 0.15) is 15.9 Å². The summed E-state index contributed by atoms with van der Waals surface area (Å²) in [4.78, 5) is 28.5. The van der Waals surface area contributed by atoms with E-state index in [0.717, 1.165) is 0 Å². The van der Waals surface area contributed by atoms with Crippen LogP contribution in [-0.2, 0) is 4.79 Å². The van der Waals surface area contributed by atoms with Gasteiger partial charge in [-0.1, -0.05) is 30.3 Å². The largest absolute Gasteiger partial charge is 0.271 e. The molecule has 0 aliphatic heterocycles. The molecule has 4 nitrogen and oxygen atoms in total. The van der Waals surface area contributed by atoms with Crippen LogP contribution in [0.3, 0.4) is 0 Å². The number of rotatable bonds is 4. The minimum atomic E-state index is -0.565. The van der Waals surface area contributed by atoms with Crippen LogP contribution in [0.5, 0.6) is 0 Å². The first-order chi connectivity index (χ1) is 14.0. The Morgan fingerprint density at radius 1 is 0.759 bits per heavy atom. The summed E-state index contributed by atoms with van der Waals surface area (Å²) in [5, 5.41) is 0. The van der Waals surface area contributed by atoms with Crippen molar-refractivity contribution in [2.75, 3.05) is 0 Å². The highest BCUT2D eigenvalue weighted by molar-refractivity contribution is 5.94. The van der Waals surface area contributed by atoms with Gasteiger partial charge in [-0.05, 0) is 59.7 Å². The summed E-state index contributed by atoms with van der Waals surface area (Å²) >= 11 is 0. The fourth-order valence-corrected chi connectivity index (χ4v) is 2.42. The Bertz CT molecular complexity index is 1140. The average molecular weight is 390 g/mol. The second-order valence-electron chi connectivity index (χ2n) is 5.99. The van der Waals surface area contributed by atoms with Gasteiger partial charge in [-0.3, -0.25) is 14.2 Å². The van der Waals surface area contributed by atoms with Gasteiger partial charge < -0.3 is 0 Å². The van der Waals surface area contributed by atoms with Crippen molar-refractivity contribution in [2.45, 2.75) is 0 Å². The molecule has 0 unspecified atom stereocenters. The van der Waals surface area contributed by atoms with Crippen LogP contribution in [0.4, 0.5) is 8.78 Å². The van der Waals surface area contributed by atoms with E-state index in [2.05, 4.69) is 4.99 Å². The van der Waals surface area contributed by atoms with Crippen LogP contribution in [0, 0.1) is 11.6 Å². The second kappa shape index (κ2) is 9.32. The lowest BCUT2D eigenvalue weighted by molar-refractivity contribution is -0.113. The fraction of sp³-hybridized carbons (Fsp3) is 0. The maximum atomic E-state index is 13.0. The van der Waals surface area contributed by atoms with E-state index in [1.165, 1.54) is 71.5 Å². The molecule has 2 aromatic carbocycles. The number of benzene rings is 2. The molecule has 0 aliphatic rings. The van der Waals surface area contributed by atoms with Gasteiger partial charge in [0.2, 0.25) is 0 Å². The molecule has 0 N–H and O–H groups in total. The van der Waals surface area contributed by atoms with Gasteiger partial charge in [0.05, 0.1) is 0 Å². The molecule has 0 atom stereocenters. The maximum absolute atomic E-state index is 13.0. The molecule has 0 saturated carbocycles. The van der Waals surface area contributed by atoms with Crippen molar-refractivity contribution >= 4 is 24.0 Å².